The van der Waals surface area contributed by atoms with Crippen LogP contribution in [-0.2, 0) is 21.7 Å². The van der Waals surface area contributed by atoms with E-state index in [9.17, 15) is 9.59 Å². The van der Waals surface area contributed by atoms with E-state index in [4.69, 9.17) is 20.9 Å². The summed E-state index contributed by atoms with van der Waals surface area (Å²) in [5.74, 6) is -0.0332. The Labute approximate surface area is 164 Å². The molecule has 27 heavy (non-hydrogen) atoms. The smallest absolute Gasteiger partial charge is 0.255 e. The summed E-state index contributed by atoms with van der Waals surface area (Å²) in [4.78, 5) is 23.3. The Bertz CT molecular complexity index is 782. The predicted octanol–water partition coefficient (Wildman–Crippen LogP) is 1.47. The van der Waals surface area contributed by atoms with Crippen LogP contribution in [0.3, 0.4) is 0 Å². The number of methoxy groups -OCH3 is 1. The zero-order valence-corrected chi connectivity index (χ0v) is 16.0. The van der Waals surface area contributed by atoms with Gasteiger partial charge in [0, 0.05) is 6.54 Å². The molecule has 0 aliphatic carbocycles. The fraction of sp³-hybridized carbons (Fsp3) is 0.263. The second-order valence-corrected chi connectivity index (χ2v) is 5.99. The predicted molar refractivity (Wildman–Crippen MR) is 105 cm³/mol. The number of hydrogen-bond donors (Lipinski definition) is 3. The number of halogens is 1. The lowest BCUT2D eigenvalue weighted by atomic mass is 9.92. The van der Waals surface area contributed by atoms with E-state index in [1.807, 2.05) is 30.3 Å². The molecule has 1 unspecified atom stereocenters. The summed E-state index contributed by atoms with van der Waals surface area (Å²) < 4.78 is 10.5. The molecular formula is C19H24ClN3O4. The van der Waals surface area contributed by atoms with Crippen LogP contribution in [0.2, 0.25) is 0 Å². The van der Waals surface area contributed by atoms with Gasteiger partial charge in [-0.25, -0.2) is 0 Å². The summed E-state index contributed by atoms with van der Waals surface area (Å²) in [6.07, 6.45) is 0. The van der Waals surface area contributed by atoms with Gasteiger partial charge in [-0.05, 0) is 30.2 Å². The number of carbonyl (C=O) groups excluding carboxylic acids is 2. The summed E-state index contributed by atoms with van der Waals surface area (Å²) in [5, 5.41) is 2.82. The highest BCUT2D eigenvalue weighted by Crippen LogP contribution is 2.28. The fourth-order valence-corrected chi connectivity index (χ4v) is 2.37. The van der Waals surface area contributed by atoms with Gasteiger partial charge in [-0.3, -0.25) is 9.59 Å². The molecule has 8 heteroatoms. The van der Waals surface area contributed by atoms with Crippen molar-refractivity contribution in [2.75, 3.05) is 13.7 Å². The monoisotopic (exact) mass is 393 g/mol. The van der Waals surface area contributed by atoms with Crippen molar-refractivity contribution < 1.29 is 19.1 Å². The lowest BCUT2D eigenvalue weighted by Gasteiger charge is -2.24. The van der Waals surface area contributed by atoms with E-state index in [0.717, 1.165) is 11.1 Å². The molecule has 0 aromatic heterocycles. The van der Waals surface area contributed by atoms with Crippen LogP contribution in [0.15, 0.2) is 48.5 Å². The number of nitrogens with one attached hydrogen (secondary N) is 1. The summed E-state index contributed by atoms with van der Waals surface area (Å²) in [6.45, 7) is 1.69. The average Bonchev–Trinajstić information content (AvgIpc) is 2.65. The molecule has 0 saturated heterocycles. The minimum absolute atomic E-state index is 0. The summed E-state index contributed by atoms with van der Waals surface area (Å²) in [7, 11) is 1.49. The molecule has 0 aliphatic rings. The topological polar surface area (TPSA) is 117 Å². The maximum atomic E-state index is 12.5. The number of ether oxygens (including phenoxy) is 2. The van der Waals surface area contributed by atoms with Crippen molar-refractivity contribution in [2.24, 2.45) is 11.5 Å². The SMILES string of the molecule is COc1cc(CNC(=O)C(C)(N)c2ccccc2)ccc1OCC(N)=O.Cl. The minimum Gasteiger partial charge on any atom is -0.493 e. The van der Waals surface area contributed by atoms with Gasteiger partial charge in [0.15, 0.2) is 18.1 Å². The zero-order valence-electron chi connectivity index (χ0n) is 15.2. The second kappa shape index (κ2) is 9.80. The van der Waals surface area contributed by atoms with Gasteiger partial charge >= 0.3 is 0 Å². The number of amides is 2. The van der Waals surface area contributed by atoms with Crippen LogP contribution in [0.25, 0.3) is 0 Å². The van der Waals surface area contributed by atoms with Crippen molar-refractivity contribution in [2.45, 2.75) is 19.0 Å². The molecule has 146 valence electrons. The van der Waals surface area contributed by atoms with E-state index in [1.165, 1.54) is 7.11 Å². The molecule has 2 aromatic carbocycles. The minimum atomic E-state index is -1.14. The molecule has 2 rings (SSSR count). The van der Waals surface area contributed by atoms with Gasteiger partial charge in [-0.15, -0.1) is 12.4 Å². The van der Waals surface area contributed by atoms with Crippen LogP contribution in [0.4, 0.5) is 0 Å². The van der Waals surface area contributed by atoms with E-state index in [1.54, 1.807) is 25.1 Å². The Balaban J connectivity index is 0.00000364. The van der Waals surface area contributed by atoms with Crippen molar-refractivity contribution in [3.05, 3.63) is 59.7 Å². The van der Waals surface area contributed by atoms with E-state index in [0.29, 0.717) is 11.5 Å². The number of benzene rings is 2. The van der Waals surface area contributed by atoms with Crippen LogP contribution in [0.5, 0.6) is 11.5 Å². The van der Waals surface area contributed by atoms with Gasteiger partial charge in [-0.2, -0.15) is 0 Å². The van der Waals surface area contributed by atoms with Crippen molar-refractivity contribution in [1.29, 1.82) is 0 Å². The first kappa shape index (κ1) is 22.3. The molecule has 7 nitrogen and oxygen atoms in total. The molecule has 0 saturated carbocycles. The first-order valence-electron chi connectivity index (χ1n) is 8.05. The molecule has 2 aromatic rings. The van der Waals surface area contributed by atoms with E-state index in [-0.39, 0.29) is 31.5 Å². The van der Waals surface area contributed by atoms with Crippen LogP contribution >= 0.6 is 12.4 Å². The second-order valence-electron chi connectivity index (χ2n) is 5.99. The Morgan fingerprint density at radius 2 is 1.78 bits per heavy atom. The number of rotatable bonds is 8. The van der Waals surface area contributed by atoms with Gasteiger partial charge in [0.2, 0.25) is 5.91 Å². The van der Waals surface area contributed by atoms with Gasteiger partial charge in [0.1, 0.15) is 5.54 Å². The van der Waals surface area contributed by atoms with Crippen molar-refractivity contribution >= 4 is 24.2 Å². The first-order valence-corrected chi connectivity index (χ1v) is 8.05. The lowest BCUT2D eigenvalue weighted by molar-refractivity contribution is -0.126. The van der Waals surface area contributed by atoms with Crippen LogP contribution in [0, 0.1) is 0 Å². The third kappa shape index (κ3) is 5.87. The van der Waals surface area contributed by atoms with Gasteiger partial charge in [0.25, 0.3) is 5.91 Å². The summed E-state index contributed by atoms with van der Waals surface area (Å²) in [6, 6.07) is 14.3. The molecule has 0 spiro atoms. The molecule has 0 fully saturated rings. The maximum absolute atomic E-state index is 12.5. The van der Waals surface area contributed by atoms with Crippen LogP contribution < -0.4 is 26.3 Å². The van der Waals surface area contributed by atoms with Gasteiger partial charge in [0.05, 0.1) is 7.11 Å². The Morgan fingerprint density at radius 1 is 1.11 bits per heavy atom. The highest BCUT2D eigenvalue weighted by atomic mass is 35.5. The number of carbonyl (C=O) groups is 2. The lowest BCUT2D eigenvalue weighted by Crippen LogP contribution is -2.48. The normalized spacial score (nSPS) is 12.3. The fourth-order valence-electron chi connectivity index (χ4n) is 2.37. The quantitative estimate of drug-likeness (QED) is 0.627. The maximum Gasteiger partial charge on any atom is 0.255 e. The van der Waals surface area contributed by atoms with Crippen molar-refractivity contribution in [1.82, 2.24) is 5.32 Å². The Hall–Kier alpha value is -2.77. The first-order chi connectivity index (χ1) is 12.3. The van der Waals surface area contributed by atoms with Crippen molar-refractivity contribution in [3.8, 4) is 11.5 Å². The molecule has 5 N–H and O–H groups in total. The van der Waals surface area contributed by atoms with E-state index < -0.39 is 11.4 Å². The molecule has 0 aliphatic heterocycles. The average molecular weight is 394 g/mol. The highest BCUT2D eigenvalue weighted by Gasteiger charge is 2.30. The third-order valence-electron chi connectivity index (χ3n) is 3.90. The largest absolute Gasteiger partial charge is 0.493 e. The summed E-state index contributed by atoms with van der Waals surface area (Å²) >= 11 is 0. The number of primary amides is 1. The Kier molecular flexibility index (Phi) is 8.08. The molecule has 0 heterocycles. The number of hydrogen-bond acceptors (Lipinski definition) is 5. The summed E-state index contributed by atoms with van der Waals surface area (Å²) in [5.41, 5.74) is 11.6. The van der Waals surface area contributed by atoms with Crippen molar-refractivity contribution in [3.63, 3.8) is 0 Å². The van der Waals surface area contributed by atoms with Crippen LogP contribution in [-0.4, -0.2) is 25.5 Å². The van der Waals surface area contributed by atoms with Gasteiger partial charge in [-0.1, -0.05) is 36.4 Å². The zero-order chi connectivity index (χ0) is 19.2. The van der Waals surface area contributed by atoms with Crippen LogP contribution in [0.1, 0.15) is 18.1 Å². The molecule has 0 bridgehead atoms. The molecular weight excluding hydrogens is 370 g/mol. The number of nitrogens with two attached hydrogens (primary N) is 2. The molecule has 0 radical (unpaired) electrons. The molecule has 1 atom stereocenters. The molecule has 2 amide bonds. The Morgan fingerprint density at radius 3 is 2.37 bits per heavy atom. The highest BCUT2D eigenvalue weighted by molar-refractivity contribution is 5.87. The van der Waals surface area contributed by atoms with Gasteiger partial charge < -0.3 is 26.3 Å². The third-order valence-corrected chi connectivity index (χ3v) is 3.90. The van der Waals surface area contributed by atoms with E-state index >= 15 is 0 Å². The van der Waals surface area contributed by atoms with E-state index in [2.05, 4.69) is 5.32 Å². The standard InChI is InChI=1S/C19H23N3O4.ClH/c1-19(21,14-6-4-3-5-7-14)18(24)22-11-13-8-9-15(16(10-13)25-2)26-12-17(20)23;/h3-10H,11-12,21H2,1-2H3,(H2,20,23)(H,22,24);1H.